The average Bonchev–Trinajstić information content (AvgIpc) is 3.08. The Labute approximate surface area is 269 Å². The maximum Gasteiger partial charge on any atom is 0.254 e. The number of para-hydroxylation sites is 2. The van der Waals surface area contributed by atoms with E-state index in [1.165, 1.54) is 0 Å². The summed E-state index contributed by atoms with van der Waals surface area (Å²) in [6, 6.07) is 35.3. The van der Waals surface area contributed by atoms with Crippen molar-refractivity contribution in [3.63, 3.8) is 0 Å². The van der Waals surface area contributed by atoms with Crippen molar-refractivity contribution in [2.24, 2.45) is 0 Å². The summed E-state index contributed by atoms with van der Waals surface area (Å²) in [6.45, 7) is 9.02. The van der Waals surface area contributed by atoms with E-state index in [-0.39, 0.29) is 23.9 Å². The van der Waals surface area contributed by atoms with Gasteiger partial charge in [-0.25, -0.2) is 9.97 Å². The van der Waals surface area contributed by atoms with Gasteiger partial charge in [-0.1, -0.05) is 84.9 Å². The molecule has 0 radical (unpaired) electrons. The summed E-state index contributed by atoms with van der Waals surface area (Å²) in [5.74, 6) is -0.0906. The van der Waals surface area contributed by atoms with Crippen LogP contribution in [0.5, 0.6) is 0 Å². The maximum absolute atomic E-state index is 14.4. The molecule has 2 amide bonds. The van der Waals surface area contributed by atoms with Crippen LogP contribution in [0, 0.1) is 13.8 Å². The number of nitrogens with zero attached hydrogens (tertiary/aromatic N) is 4. The predicted molar refractivity (Wildman–Crippen MR) is 185 cm³/mol. The van der Waals surface area contributed by atoms with E-state index in [2.05, 4.69) is 26.0 Å². The molecule has 7 rings (SSSR count). The zero-order chi connectivity index (χ0) is 31.9. The molecule has 4 aromatic carbocycles. The van der Waals surface area contributed by atoms with Gasteiger partial charge in [0.1, 0.15) is 0 Å². The number of pyridine rings is 2. The van der Waals surface area contributed by atoms with Crippen molar-refractivity contribution in [2.45, 2.75) is 39.8 Å². The van der Waals surface area contributed by atoms with E-state index >= 15 is 0 Å². The number of aryl methyl sites for hydroxylation is 2. The number of fused-ring (bicyclic) bond motifs is 2. The first-order valence-electron chi connectivity index (χ1n) is 15.8. The van der Waals surface area contributed by atoms with Crippen molar-refractivity contribution in [1.82, 2.24) is 19.8 Å². The summed E-state index contributed by atoms with van der Waals surface area (Å²) in [7, 11) is 0. The monoisotopic (exact) mass is 604 g/mol. The molecule has 1 fully saturated rings. The standard InChI is InChI=1S/C40H36N4O2/c1-25-13-5-7-15-29(25)37-21-33(31-17-9-11-19-35(31)41-37)39(45)43-23-28(4)44(24-27(43)3)40(46)34-22-38(30-16-8-6-14-26(30)2)42-36-20-12-10-18-32(34)36/h5-22,27-28H,23-24H2,1-4H3. The van der Waals surface area contributed by atoms with Crippen LogP contribution in [-0.4, -0.2) is 56.8 Å². The highest BCUT2D eigenvalue weighted by Crippen LogP contribution is 2.31. The molecule has 6 nitrogen and oxygen atoms in total. The van der Waals surface area contributed by atoms with Crippen LogP contribution < -0.4 is 0 Å². The van der Waals surface area contributed by atoms with Crippen molar-refractivity contribution in [2.75, 3.05) is 13.1 Å². The quantitative estimate of drug-likeness (QED) is 0.204. The van der Waals surface area contributed by atoms with Crippen molar-refractivity contribution in [1.29, 1.82) is 0 Å². The van der Waals surface area contributed by atoms with Crippen LogP contribution >= 0.6 is 0 Å². The molecule has 2 aromatic heterocycles. The van der Waals surface area contributed by atoms with Gasteiger partial charge in [0.05, 0.1) is 33.5 Å². The molecule has 6 heteroatoms. The van der Waals surface area contributed by atoms with Gasteiger partial charge in [-0.05, 0) is 63.1 Å². The van der Waals surface area contributed by atoms with Gasteiger partial charge in [0.2, 0.25) is 0 Å². The fraction of sp³-hybridized carbons (Fsp3) is 0.200. The number of carbonyl (C=O) groups excluding carboxylic acids is 2. The molecule has 0 N–H and O–H groups in total. The molecule has 3 heterocycles. The molecule has 228 valence electrons. The first kappa shape index (κ1) is 29.4. The van der Waals surface area contributed by atoms with Crippen LogP contribution in [-0.2, 0) is 0 Å². The fourth-order valence-electron chi connectivity index (χ4n) is 6.70. The molecular weight excluding hydrogens is 568 g/mol. The van der Waals surface area contributed by atoms with Crippen LogP contribution in [0.3, 0.4) is 0 Å². The summed E-state index contributed by atoms with van der Waals surface area (Å²) in [5.41, 5.74) is 8.62. The Bertz CT molecular complexity index is 1990. The summed E-state index contributed by atoms with van der Waals surface area (Å²) in [4.78, 5) is 42.5. The van der Waals surface area contributed by atoms with Crippen LogP contribution in [0.25, 0.3) is 44.3 Å². The molecular formula is C40H36N4O2. The summed E-state index contributed by atoms with van der Waals surface area (Å²) >= 11 is 0. The lowest BCUT2D eigenvalue weighted by Gasteiger charge is -2.44. The summed E-state index contributed by atoms with van der Waals surface area (Å²) in [5, 5.41) is 1.66. The molecule has 1 aliphatic rings. The Hall–Kier alpha value is -5.36. The van der Waals surface area contributed by atoms with Gasteiger partial charge < -0.3 is 9.80 Å². The van der Waals surface area contributed by atoms with Gasteiger partial charge in [-0.2, -0.15) is 0 Å². The van der Waals surface area contributed by atoms with E-state index in [1.54, 1.807) is 0 Å². The van der Waals surface area contributed by atoms with E-state index < -0.39 is 0 Å². The molecule has 2 unspecified atom stereocenters. The number of rotatable bonds is 4. The van der Waals surface area contributed by atoms with Gasteiger partial charge in [0.15, 0.2) is 0 Å². The van der Waals surface area contributed by atoms with E-state index in [4.69, 9.17) is 9.97 Å². The molecule has 1 saturated heterocycles. The zero-order valence-electron chi connectivity index (χ0n) is 26.6. The minimum Gasteiger partial charge on any atom is -0.332 e. The van der Waals surface area contributed by atoms with Crippen molar-refractivity contribution in [3.8, 4) is 22.5 Å². The van der Waals surface area contributed by atoms with Crippen LogP contribution in [0.4, 0.5) is 0 Å². The molecule has 6 aromatic rings. The number of amides is 2. The Morgan fingerprint density at radius 3 is 1.35 bits per heavy atom. The number of benzene rings is 4. The van der Waals surface area contributed by atoms with Crippen molar-refractivity contribution in [3.05, 3.63) is 131 Å². The third kappa shape index (κ3) is 5.20. The molecule has 0 aliphatic carbocycles. The Balaban J connectivity index is 1.22. The molecule has 1 aliphatic heterocycles. The third-order valence-electron chi connectivity index (χ3n) is 9.24. The molecule has 0 bridgehead atoms. The zero-order valence-corrected chi connectivity index (χ0v) is 26.6. The number of piperazine rings is 1. The normalized spacial score (nSPS) is 16.6. The molecule has 2 atom stereocenters. The van der Waals surface area contributed by atoms with E-state index in [9.17, 15) is 9.59 Å². The first-order chi connectivity index (χ1) is 22.3. The second-order valence-corrected chi connectivity index (χ2v) is 12.4. The van der Waals surface area contributed by atoms with Crippen molar-refractivity contribution < 1.29 is 9.59 Å². The number of aromatic nitrogens is 2. The lowest BCUT2D eigenvalue weighted by molar-refractivity contribution is 0.0272. The Kier molecular flexibility index (Phi) is 7.57. The smallest absolute Gasteiger partial charge is 0.254 e. The van der Waals surface area contributed by atoms with Gasteiger partial charge in [-0.3, -0.25) is 9.59 Å². The van der Waals surface area contributed by atoms with Gasteiger partial charge in [0, 0.05) is 47.1 Å². The highest BCUT2D eigenvalue weighted by atomic mass is 16.2. The Morgan fingerprint density at radius 1 is 0.565 bits per heavy atom. The topological polar surface area (TPSA) is 66.4 Å². The lowest BCUT2D eigenvalue weighted by Crippen LogP contribution is -2.59. The van der Waals surface area contributed by atoms with Gasteiger partial charge >= 0.3 is 0 Å². The summed E-state index contributed by atoms with van der Waals surface area (Å²) in [6.07, 6.45) is 0. The number of hydrogen-bond donors (Lipinski definition) is 0. The highest BCUT2D eigenvalue weighted by Gasteiger charge is 2.36. The van der Waals surface area contributed by atoms with Crippen molar-refractivity contribution >= 4 is 33.6 Å². The van der Waals surface area contributed by atoms with Gasteiger partial charge in [0.25, 0.3) is 11.8 Å². The number of carbonyl (C=O) groups is 2. The van der Waals surface area contributed by atoms with E-state index in [0.29, 0.717) is 24.2 Å². The van der Waals surface area contributed by atoms with Crippen LogP contribution in [0.2, 0.25) is 0 Å². The molecule has 0 saturated carbocycles. The number of hydrogen-bond acceptors (Lipinski definition) is 4. The molecule has 46 heavy (non-hydrogen) atoms. The minimum atomic E-state index is -0.189. The van der Waals surface area contributed by atoms with Gasteiger partial charge in [-0.15, -0.1) is 0 Å². The fourth-order valence-corrected chi connectivity index (χ4v) is 6.70. The van der Waals surface area contributed by atoms with Crippen LogP contribution in [0.15, 0.2) is 109 Å². The minimum absolute atomic E-state index is 0.0453. The SMILES string of the molecule is Cc1ccccc1-c1cc(C(=O)N2CC(C)N(C(=O)c3cc(-c4ccccc4C)nc4ccccc34)CC2C)c2ccccc2n1. The largest absolute Gasteiger partial charge is 0.332 e. The second kappa shape index (κ2) is 11.9. The van der Waals surface area contributed by atoms with E-state index in [0.717, 1.165) is 55.4 Å². The van der Waals surface area contributed by atoms with Crippen LogP contribution in [0.1, 0.15) is 45.7 Å². The Morgan fingerprint density at radius 2 is 0.935 bits per heavy atom. The lowest BCUT2D eigenvalue weighted by atomic mass is 9.98. The maximum atomic E-state index is 14.4. The summed E-state index contributed by atoms with van der Waals surface area (Å²) < 4.78 is 0. The highest BCUT2D eigenvalue weighted by molar-refractivity contribution is 6.09. The van der Waals surface area contributed by atoms with E-state index in [1.807, 2.05) is 121 Å². The average molecular weight is 605 g/mol. The molecule has 0 spiro atoms. The second-order valence-electron chi connectivity index (χ2n) is 12.4. The first-order valence-corrected chi connectivity index (χ1v) is 15.8. The predicted octanol–water partition coefficient (Wildman–Crippen LogP) is 8.11. The third-order valence-corrected chi connectivity index (χ3v) is 9.24.